The van der Waals surface area contributed by atoms with E-state index in [9.17, 15) is 32.6 Å². The SMILES string of the molecule is COc1c(NC(=O)NC2Cc3cc(F)ccc3C2O)cc(N2CCOCC2)cc1C(O)C(F)(F)F. The standard InChI is InChI=1S/C23H25F4N3O5/c1-34-20-16(21(32)23(25,26)27)10-14(30-4-6-35-7-5-30)11-18(20)29-22(33)28-17-9-12-8-13(24)2-3-15(12)19(17)31/h2-3,8,10-11,17,19,21,31-32H,4-7,9H2,1H3,(H2,28,29,33). The molecule has 35 heavy (non-hydrogen) atoms. The van der Waals surface area contributed by atoms with Gasteiger partial charge in [0.25, 0.3) is 0 Å². The van der Waals surface area contributed by atoms with Gasteiger partial charge in [0.05, 0.1) is 38.2 Å². The molecule has 0 bridgehead atoms. The highest BCUT2D eigenvalue weighted by atomic mass is 19.4. The summed E-state index contributed by atoms with van der Waals surface area (Å²) < 4.78 is 64.2. The van der Waals surface area contributed by atoms with Gasteiger partial charge in [0.15, 0.2) is 6.10 Å². The molecule has 12 heteroatoms. The largest absolute Gasteiger partial charge is 0.494 e. The maximum absolute atomic E-state index is 13.5. The van der Waals surface area contributed by atoms with E-state index in [1.807, 2.05) is 0 Å². The minimum atomic E-state index is -4.97. The zero-order valence-electron chi connectivity index (χ0n) is 18.7. The predicted molar refractivity (Wildman–Crippen MR) is 118 cm³/mol. The van der Waals surface area contributed by atoms with Crippen LogP contribution >= 0.6 is 0 Å². The molecule has 0 radical (unpaired) electrons. The molecule has 8 nitrogen and oxygen atoms in total. The number of morpholine rings is 1. The number of methoxy groups -OCH3 is 1. The van der Waals surface area contributed by atoms with Gasteiger partial charge in [-0.2, -0.15) is 13.2 Å². The quantitative estimate of drug-likeness (QED) is 0.472. The molecule has 4 rings (SSSR count). The molecular weight excluding hydrogens is 474 g/mol. The lowest BCUT2D eigenvalue weighted by Gasteiger charge is -2.31. The number of benzene rings is 2. The van der Waals surface area contributed by atoms with Crippen LogP contribution in [-0.2, 0) is 11.2 Å². The number of anilines is 2. The Morgan fingerprint density at radius 3 is 2.60 bits per heavy atom. The molecule has 0 aromatic heterocycles. The van der Waals surface area contributed by atoms with E-state index < -0.39 is 41.8 Å². The Morgan fingerprint density at radius 1 is 1.23 bits per heavy atom. The first kappa shape index (κ1) is 25.0. The maximum atomic E-state index is 13.5. The second-order valence-corrected chi connectivity index (χ2v) is 8.36. The molecule has 0 saturated carbocycles. The summed E-state index contributed by atoms with van der Waals surface area (Å²) in [6.45, 7) is 1.55. The van der Waals surface area contributed by atoms with Gasteiger partial charge in [-0.3, -0.25) is 0 Å². The number of halogens is 4. The lowest BCUT2D eigenvalue weighted by Crippen LogP contribution is -2.40. The Hall–Kier alpha value is -3.09. The van der Waals surface area contributed by atoms with E-state index in [0.717, 1.165) is 7.11 Å². The molecule has 190 valence electrons. The van der Waals surface area contributed by atoms with E-state index in [4.69, 9.17) is 9.47 Å². The molecule has 3 atom stereocenters. The van der Waals surface area contributed by atoms with Gasteiger partial charge in [0.1, 0.15) is 11.6 Å². The van der Waals surface area contributed by atoms with Crippen LogP contribution in [0.15, 0.2) is 30.3 Å². The summed E-state index contributed by atoms with van der Waals surface area (Å²) in [4.78, 5) is 14.6. The Morgan fingerprint density at radius 2 is 1.94 bits per heavy atom. The lowest BCUT2D eigenvalue weighted by atomic mass is 10.0. The number of nitrogens with one attached hydrogen (secondary N) is 2. The first-order chi connectivity index (χ1) is 16.6. The van der Waals surface area contributed by atoms with Gasteiger partial charge in [-0.05, 0) is 41.8 Å². The van der Waals surface area contributed by atoms with Crippen LogP contribution in [0, 0.1) is 5.82 Å². The van der Waals surface area contributed by atoms with E-state index in [1.165, 1.54) is 30.3 Å². The van der Waals surface area contributed by atoms with Gasteiger partial charge in [0.2, 0.25) is 0 Å². The van der Waals surface area contributed by atoms with E-state index in [2.05, 4.69) is 10.6 Å². The van der Waals surface area contributed by atoms with Crippen LogP contribution in [0.4, 0.5) is 33.7 Å². The van der Waals surface area contributed by atoms with Crippen LogP contribution in [0.3, 0.4) is 0 Å². The number of carbonyl (C=O) groups excluding carboxylic acids is 1. The van der Waals surface area contributed by atoms with Crippen molar-refractivity contribution in [1.82, 2.24) is 5.32 Å². The zero-order chi connectivity index (χ0) is 25.3. The van der Waals surface area contributed by atoms with Crippen molar-refractivity contribution in [2.75, 3.05) is 43.6 Å². The molecule has 2 aromatic carbocycles. The summed E-state index contributed by atoms with van der Waals surface area (Å²) in [5.41, 5.74) is 0.724. The number of urea groups is 1. The number of alkyl halides is 3. The number of amides is 2. The number of hydrogen-bond acceptors (Lipinski definition) is 6. The van der Waals surface area contributed by atoms with Gasteiger partial charge in [-0.25, -0.2) is 9.18 Å². The zero-order valence-corrected chi connectivity index (χ0v) is 18.7. The van der Waals surface area contributed by atoms with E-state index in [-0.39, 0.29) is 17.9 Å². The highest BCUT2D eigenvalue weighted by Crippen LogP contribution is 2.43. The van der Waals surface area contributed by atoms with E-state index >= 15 is 0 Å². The second-order valence-electron chi connectivity index (χ2n) is 8.36. The van der Waals surface area contributed by atoms with Crippen LogP contribution < -0.4 is 20.3 Å². The van der Waals surface area contributed by atoms with Crippen molar-refractivity contribution in [3.05, 3.63) is 52.8 Å². The monoisotopic (exact) mass is 499 g/mol. The molecule has 2 aliphatic rings. The van der Waals surface area contributed by atoms with Crippen LogP contribution in [0.2, 0.25) is 0 Å². The molecule has 2 amide bonds. The molecule has 1 fully saturated rings. The summed E-state index contributed by atoms with van der Waals surface area (Å²) in [6, 6.07) is 4.96. The van der Waals surface area contributed by atoms with Crippen molar-refractivity contribution >= 4 is 17.4 Å². The number of hydrogen-bond donors (Lipinski definition) is 4. The average Bonchev–Trinajstić information content (AvgIpc) is 3.11. The molecule has 3 unspecified atom stereocenters. The highest BCUT2D eigenvalue weighted by Gasteiger charge is 2.42. The molecular formula is C23H25F4N3O5. The van der Waals surface area contributed by atoms with Crippen molar-refractivity contribution in [3.63, 3.8) is 0 Å². The average molecular weight is 499 g/mol. The minimum Gasteiger partial charge on any atom is -0.494 e. The van der Waals surface area contributed by atoms with Crippen LogP contribution in [0.1, 0.15) is 28.9 Å². The third-order valence-electron chi connectivity index (χ3n) is 6.10. The topological polar surface area (TPSA) is 103 Å². The Bertz CT molecular complexity index is 1090. The van der Waals surface area contributed by atoms with E-state index in [1.54, 1.807) is 4.90 Å². The molecule has 1 aliphatic carbocycles. The van der Waals surface area contributed by atoms with Gasteiger partial charge in [-0.1, -0.05) is 6.07 Å². The fraction of sp³-hybridized carbons (Fsp3) is 0.435. The predicted octanol–water partition coefficient (Wildman–Crippen LogP) is 3.05. The Kier molecular flexibility index (Phi) is 7.06. The lowest BCUT2D eigenvalue weighted by molar-refractivity contribution is -0.207. The fourth-order valence-corrected chi connectivity index (χ4v) is 4.40. The molecule has 1 saturated heterocycles. The molecule has 0 spiro atoms. The van der Waals surface area contributed by atoms with Gasteiger partial charge in [-0.15, -0.1) is 0 Å². The number of carbonyl (C=O) groups is 1. The smallest absolute Gasteiger partial charge is 0.418 e. The summed E-state index contributed by atoms with van der Waals surface area (Å²) in [6.07, 6.45) is -8.72. The van der Waals surface area contributed by atoms with Gasteiger partial charge >= 0.3 is 12.2 Å². The van der Waals surface area contributed by atoms with Crippen molar-refractivity contribution < 1.29 is 42.0 Å². The maximum Gasteiger partial charge on any atom is 0.418 e. The summed E-state index contributed by atoms with van der Waals surface area (Å²) >= 11 is 0. The van der Waals surface area contributed by atoms with Crippen molar-refractivity contribution in [2.24, 2.45) is 0 Å². The number of nitrogens with zero attached hydrogens (tertiary/aromatic N) is 1. The number of fused-ring (bicyclic) bond motifs is 1. The third kappa shape index (κ3) is 5.29. The first-order valence-electron chi connectivity index (χ1n) is 10.9. The first-order valence-corrected chi connectivity index (χ1v) is 10.9. The number of aliphatic hydroxyl groups excluding tert-OH is 2. The van der Waals surface area contributed by atoms with Crippen molar-refractivity contribution in [2.45, 2.75) is 30.8 Å². The minimum absolute atomic E-state index is 0.0941. The second kappa shape index (κ2) is 9.88. The summed E-state index contributed by atoms with van der Waals surface area (Å²) in [5.74, 6) is -0.819. The van der Waals surface area contributed by atoms with Gasteiger partial charge < -0.3 is 35.2 Å². The van der Waals surface area contributed by atoms with Crippen LogP contribution in [-0.4, -0.2) is 61.9 Å². The van der Waals surface area contributed by atoms with E-state index in [0.29, 0.717) is 43.1 Å². The third-order valence-corrected chi connectivity index (χ3v) is 6.10. The highest BCUT2D eigenvalue weighted by molar-refractivity contribution is 5.92. The number of rotatable bonds is 5. The number of aliphatic hydroxyl groups is 2. The molecule has 2 aromatic rings. The molecule has 1 aliphatic heterocycles. The van der Waals surface area contributed by atoms with Crippen LogP contribution in [0.25, 0.3) is 0 Å². The summed E-state index contributed by atoms with van der Waals surface area (Å²) in [5, 5.41) is 25.6. The molecule has 4 N–H and O–H groups in total. The Balaban J connectivity index is 1.60. The Labute approximate surface area is 198 Å². The fourth-order valence-electron chi connectivity index (χ4n) is 4.40. The van der Waals surface area contributed by atoms with Crippen molar-refractivity contribution in [1.29, 1.82) is 0 Å². The van der Waals surface area contributed by atoms with Crippen molar-refractivity contribution in [3.8, 4) is 5.75 Å². The molecule has 1 heterocycles. The van der Waals surface area contributed by atoms with Crippen LogP contribution in [0.5, 0.6) is 5.75 Å². The summed E-state index contributed by atoms with van der Waals surface area (Å²) in [7, 11) is 1.13. The van der Waals surface area contributed by atoms with Gasteiger partial charge in [0, 0.05) is 24.3 Å². The normalized spacial score (nSPS) is 20.8. The number of ether oxygens (including phenoxy) is 2.